The molecule has 1 atom stereocenters. The van der Waals surface area contributed by atoms with E-state index in [2.05, 4.69) is 10.3 Å². The molecule has 3 aromatic rings. The van der Waals surface area contributed by atoms with Crippen molar-refractivity contribution in [2.45, 2.75) is 19.2 Å². The summed E-state index contributed by atoms with van der Waals surface area (Å²) in [5.41, 5.74) is 3.32. The number of pyridine rings is 1. The van der Waals surface area contributed by atoms with Crippen molar-refractivity contribution in [1.29, 1.82) is 0 Å². The van der Waals surface area contributed by atoms with Crippen LogP contribution >= 0.6 is 0 Å². The lowest BCUT2D eigenvalue weighted by molar-refractivity contribution is 0.243. The van der Waals surface area contributed by atoms with E-state index in [1.165, 1.54) is 0 Å². The number of hydrogen-bond acceptors (Lipinski definition) is 4. The predicted molar refractivity (Wildman–Crippen MR) is 98.1 cm³/mol. The predicted octanol–water partition coefficient (Wildman–Crippen LogP) is 3.48. The second-order valence-corrected chi connectivity index (χ2v) is 5.81. The number of aromatic nitrogens is 1. The van der Waals surface area contributed by atoms with E-state index < -0.39 is 0 Å². The number of aliphatic hydroxyl groups excluding tert-OH is 1. The van der Waals surface area contributed by atoms with E-state index in [9.17, 15) is 5.11 Å². The summed E-state index contributed by atoms with van der Waals surface area (Å²) in [5.74, 6) is 0.835. The Labute approximate surface area is 148 Å². The molecule has 0 fully saturated rings. The molecule has 128 valence electrons. The molecule has 0 saturated heterocycles. The first kappa shape index (κ1) is 17.1. The summed E-state index contributed by atoms with van der Waals surface area (Å²) >= 11 is 0. The normalized spacial score (nSPS) is 11.9. The van der Waals surface area contributed by atoms with Crippen molar-refractivity contribution in [3.8, 4) is 5.75 Å². The van der Waals surface area contributed by atoms with E-state index in [-0.39, 0.29) is 12.6 Å². The van der Waals surface area contributed by atoms with Crippen LogP contribution in [0.5, 0.6) is 5.75 Å². The Bertz CT molecular complexity index is 746. The first-order valence-electron chi connectivity index (χ1n) is 8.35. The molecule has 0 bridgehead atoms. The topological polar surface area (TPSA) is 54.4 Å². The Morgan fingerprint density at radius 2 is 1.60 bits per heavy atom. The number of ether oxygens (including phenoxy) is 1. The van der Waals surface area contributed by atoms with Gasteiger partial charge in [-0.25, -0.2) is 0 Å². The third kappa shape index (κ3) is 5.14. The van der Waals surface area contributed by atoms with Gasteiger partial charge in [0.2, 0.25) is 0 Å². The molecular formula is C21H22N2O2. The van der Waals surface area contributed by atoms with Gasteiger partial charge in [0, 0.05) is 18.9 Å². The third-order valence-corrected chi connectivity index (χ3v) is 4.02. The Hall–Kier alpha value is -2.69. The van der Waals surface area contributed by atoms with Crippen LogP contribution in [0.4, 0.5) is 0 Å². The van der Waals surface area contributed by atoms with Gasteiger partial charge >= 0.3 is 0 Å². The van der Waals surface area contributed by atoms with E-state index in [0.717, 1.165) is 22.4 Å². The summed E-state index contributed by atoms with van der Waals surface area (Å²) in [6.07, 6.45) is 3.52. The lowest BCUT2D eigenvalue weighted by Gasteiger charge is -2.17. The Balaban J connectivity index is 1.52. The smallest absolute Gasteiger partial charge is 0.119 e. The van der Waals surface area contributed by atoms with Crippen LogP contribution in [0.1, 0.15) is 22.7 Å². The van der Waals surface area contributed by atoms with Gasteiger partial charge in [0.15, 0.2) is 0 Å². The molecule has 0 saturated carbocycles. The van der Waals surface area contributed by atoms with Crippen molar-refractivity contribution < 1.29 is 9.84 Å². The van der Waals surface area contributed by atoms with Crippen molar-refractivity contribution in [3.05, 3.63) is 95.8 Å². The summed E-state index contributed by atoms with van der Waals surface area (Å²) in [6, 6.07) is 21.8. The highest BCUT2D eigenvalue weighted by Crippen LogP contribution is 2.16. The van der Waals surface area contributed by atoms with Crippen molar-refractivity contribution in [2.24, 2.45) is 0 Å². The van der Waals surface area contributed by atoms with Crippen molar-refractivity contribution in [3.63, 3.8) is 0 Å². The number of benzene rings is 2. The molecule has 1 aromatic heterocycles. The Morgan fingerprint density at radius 3 is 2.28 bits per heavy atom. The van der Waals surface area contributed by atoms with Crippen LogP contribution in [-0.4, -0.2) is 16.7 Å². The van der Waals surface area contributed by atoms with Gasteiger partial charge in [-0.3, -0.25) is 4.98 Å². The molecule has 0 radical (unpaired) electrons. The third-order valence-electron chi connectivity index (χ3n) is 4.02. The van der Waals surface area contributed by atoms with Crippen molar-refractivity contribution >= 4 is 0 Å². The van der Waals surface area contributed by atoms with Gasteiger partial charge in [-0.15, -0.1) is 0 Å². The summed E-state index contributed by atoms with van der Waals surface area (Å²) in [7, 11) is 0. The zero-order valence-electron chi connectivity index (χ0n) is 14.0. The summed E-state index contributed by atoms with van der Waals surface area (Å²) in [5, 5.41) is 13.0. The number of nitrogens with one attached hydrogen (secondary N) is 1. The second kappa shape index (κ2) is 8.97. The maximum absolute atomic E-state index is 9.59. The molecule has 25 heavy (non-hydrogen) atoms. The van der Waals surface area contributed by atoms with Crippen molar-refractivity contribution in [2.75, 3.05) is 6.61 Å². The molecule has 0 aliphatic heterocycles. The van der Waals surface area contributed by atoms with Crippen LogP contribution in [0, 0.1) is 0 Å². The van der Waals surface area contributed by atoms with E-state index in [4.69, 9.17) is 4.74 Å². The largest absolute Gasteiger partial charge is 0.489 e. The first-order valence-corrected chi connectivity index (χ1v) is 8.35. The van der Waals surface area contributed by atoms with Crippen LogP contribution in [0.3, 0.4) is 0 Å². The van der Waals surface area contributed by atoms with Crippen LogP contribution in [-0.2, 0) is 13.2 Å². The fourth-order valence-electron chi connectivity index (χ4n) is 2.56. The number of rotatable bonds is 8. The second-order valence-electron chi connectivity index (χ2n) is 5.81. The summed E-state index contributed by atoms with van der Waals surface area (Å²) < 4.78 is 5.77. The number of nitrogens with zero attached hydrogens (tertiary/aromatic N) is 1. The van der Waals surface area contributed by atoms with Crippen molar-refractivity contribution in [1.82, 2.24) is 10.3 Å². The van der Waals surface area contributed by atoms with E-state index in [0.29, 0.717) is 13.2 Å². The average Bonchev–Trinajstić information content (AvgIpc) is 2.69. The van der Waals surface area contributed by atoms with Crippen LogP contribution < -0.4 is 10.1 Å². The molecular weight excluding hydrogens is 312 g/mol. The molecule has 0 amide bonds. The van der Waals surface area contributed by atoms with E-state index >= 15 is 0 Å². The first-order chi connectivity index (χ1) is 12.3. The fourth-order valence-corrected chi connectivity index (χ4v) is 2.56. The zero-order valence-corrected chi connectivity index (χ0v) is 14.0. The maximum Gasteiger partial charge on any atom is 0.119 e. The zero-order chi connectivity index (χ0) is 17.3. The van der Waals surface area contributed by atoms with Gasteiger partial charge in [0.05, 0.1) is 12.6 Å². The minimum absolute atomic E-state index is 0.0659. The van der Waals surface area contributed by atoms with E-state index in [1.54, 1.807) is 12.4 Å². The molecule has 2 N–H and O–H groups in total. The molecule has 1 unspecified atom stereocenters. The highest BCUT2D eigenvalue weighted by molar-refractivity contribution is 5.28. The summed E-state index contributed by atoms with van der Waals surface area (Å²) in [4.78, 5) is 4.00. The highest BCUT2D eigenvalue weighted by Gasteiger charge is 2.09. The standard InChI is InChI=1S/C21H22N2O2/c24-15-21(19-4-2-1-3-5-19)23-14-17-6-8-20(9-7-17)25-16-18-10-12-22-13-11-18/h1-13,21,23-24H,14-16H2. The van der Waals surface area contributed by atoms with Gasteiger partial charge in [0.25, 0.3) is 0 Å². The highest BCUT2D eigenvalue weighted by atomic mass is 16.5. The Morgan fingerprint density at radius 1 is 0.880 bits per heavy atom. The van der Waals surface area contributed by atoms with Gasteiger partial charge in [-0.1, -0.05) is 42.5 Å². The van der Waals surface area contributed by atoms with Gasteiger partial charge in [-0.2, -0.15) is 0 Å². The molecule has 3 rings (SSSR count). The maximum atomic E-state index is 9.59. The average molecular weight is 334 g/mol. The Kier molecular flexibility index (Phi) is 6.15. The minimum atomic E-state index is -0.0659. The minimum Gasteiger partial charge on any atom is -0.489 e. The quantitative estimate of drug-likeness (QED) is 0.662. The van der Waals surface area contributed by atoms with Crippen LogP contribution in [0.25, 0.3) is 0 Å². The molecule has 4 nitrogen and oxygen atoms in total. The summed E-state index contributed by atoms with van der Waals surface area (Å²) in [6.45, 7) is 1.28. The molecule has 4 heteroatoms. The number of aliphatic hydroxyl groups is 1. The molecule has 0 aliphatic rings. The monoisotopic (exact) mass is 334 g/mol. The van der Waals surface area contributed by atoms with Crippen LogP contribution in [0.15, 0.2) is 79.1 Å². The van der Waals surface area contributed by atoms with Gasteiger partial charge in [-0.05, 0) is 41.0 Å². The van der Waals surface area contributed by atoms with Crippen LogP contribution in [0.2, 0.25) is 0 Å². The lowest BCUT2D eigenvalue weighted by atomic mass is 10.1. The molecule has 1 heterocycles. The lowest BCUT2D eigenvalue weighted by Crippen LogP contribution is -2.23. The molecule has 0 spiro atoms. The van der Waals surface area contributed by atoms with Gasteiger partial charge in [0.1, 0.15) is 12.4 Å². The SMILES string of the molecule is OCC(NCc1ccc(OCc2ccncc2)cc1)c1ccccc1. The van der Waals surface area contributed by atoms with Gasteiger partial charge < -0.3 is 15.2 Å². The molecule has 0 aliphatic carbocycles. The fraction of sp³-hybridized carbons (Fsp3) is 0.190. The molecule has 2 aromatic carbocycles. The number of hydrogen-bond donors (Lipinski definition) is 2. The van der Waals surface area contributed by atoms with E-state index in [1.807, 2.05) is 66.7 Å².